The van der Waals surface area contributed by atoms with Crippen molar-refractivity contribution >= 4 is 23.5 Å². The normalized spacial score (nSPS) is 29.4. The molecule has 0 amide bonds. The van der Waals surface area contributed by atoms with Crippen molar-refractivity contribution in [2.45, 2.75) is 55.5 Å². The van der Waals surface area contributed by atoms with Crippen LogP contribution in [0.4, 0.5) is 0 Å². The molecule has 0 saturated carbocycles. The van der Waals surface area contributed by atoms with E-state index in [-0.39, 0.29) is 0 Å². The Labute approximate surface area is 124 Å². The Bertz CT molecular complexity index is 396. The maximum atomic E-state index is 5.78. The van der Waals surface area contributed by atoms with E-state index in [0.717, 1.165) is 29.8 Å². The minimum absolute atomic E-state index is 0.292. The van der Waals surface area contributed by atoms with E-state index in [1.807, 2.05) is 12.4 Å². The first-order valence-corrected chi connectivity index (χ1v) is 8.88. The highest BCUT2D eigenvalue weighted by molar-refractivity contribution is 8.07. The number of rotatable bonds is 5. The Morgan fingerprint density at radius 1 is 1.53 bits per heavy atom. The topological polar surface area (TPSA) is 55.9 Å². The smallest absolute Gasteiger partial charge is 0.110 e. The van der Waals surface area contributed by atoms with Gasteiger partial charge in [0, 0.05) is 52.9 Å². The molecule has 6 heteroatoms. The second-order valence-electron chi connectivity index (χ2n) is 5.02. The summed E-state index contributed by atoms with van der Waals surface area (Å²) < 4.78 is 2.19. The van der Waals surface area contributed by atoms with Crippen LogP contribution in [0.1, 0.15) is 26.6 Å². The van der Waals surface area contributed by atoms with Gasteiger partial charge in [0.1, 0.15) is 5.82 Å². The Morgan fingerprint density at radius 3 is 2.95 bits per heavy atom. The summed E-state index contributed by atoms with van der Waals surface area (Å²) in [5.74, 6) is 8.07. The molecular formula is C13H24N4S2. The molecule has 2 rings (SSSR count). The third-order valence-corrected chi connectivity index (χ3v) is 7.33. The van der Waals surface area contributed by atoms with Crippen molar-refractivity contribution in [2.24, 2.45) is 5.84 Å². The van der Waals surface area contributed by atoms with Crippen LogP contribution in [-0.2, 0) is 13.0 Å². The number of hydrogen-bond donors (Lipinski definition) is 2. The molecule has 1 aliphatic rings. The van der Waals surface area contributed by atoms with Gasteiger partial charge in [-0.05, 0) is 6.92 Å². The van der Waals surface area contributed by atoms with Crippen LogP contribution in [0.2, 0.25) is 0 Å². The highest BCUT2D eigenvalue weighted by Gasteiger charge is 2.31. The molecule has 4 nitrogen and oxygen atoms in total. The largest absolute Gasteiger partial charge is 0.335 e. The van der Waals surface area contributed by atoms with Gasteiger partial charge in [0.05, 0.1) is 0 Å². The van der Waals surface area contributed by atoms with Gasteiger partial charge >= 0.3 is 0 Å². The molecule has 19 heavy (non-hydrogen) atoms. The molecule has 1 fully saturated rings. The van der Waals surface area contributed by atoms with Crippen LogP contribution in [-0.4, -0.2) is 37.1 Å². The van der Waals surface area contributed by atoms with E-state index >= 15 is 0 Å². The lowest BCUT2D eigenvalue weighted by Crippen LogP contribution is -2.48. The van der Waals surface area contributed by atoms with Crippen molar-refractivity contribution in [3.8, 4) is 0 Å². The zero-order chi connectivity index (χ0) is 13.8. The van der Waals surface area contributed by atoms with Crippen molar-refractivity contribution in [1.82, 2.24) is 15.0 Å². The number of imidazole rings is 1. The molecule has 0 radical (unpaired) electrons. The molecule has 1 saturated heterocycles. The van der Waals surface area contributed by atoms with Crippen molar-refractivity contribution in [1.29, 1.82) is 0 Å². The fraction of sp³-hybridized carbons (Fsp3) is 0.769. The lowest BCUT2D eigenvalue weighted by atomic mass is 10.1. The molecule has 4 unspecified atom stereocenters. The number of hydrazine groups is 1. The summed E-state index contributed by atoms with van der Waals surface area (Å²) in [7, 11) is 0. The molecule has 0 aromatic carbocycles. The summed E-state index contributed by atoms with van der Waals surface area (Å²) in [6, 6.07) is 0.292. The molecule has 108 valence electrons. The van der Waals surface area contributed by atoms with Crippen LogP contribution < -0.4 is 11.3 Å². The average Bonchev–Trinajstić information content (AvgIpc) is 2.86. The van der Waals surface area contributed by atoms with Gasteiger partial charge in [0.25, 0.3) is 0 Å². The standard InChI is InChI=1S/C13H24N4S2/c1-4-17-6-5-15-13(17)7-11(16-14)12-8-18-9(2)10(3)19-12/h5-6,9-12,16H,4,7-8,14H2,1-3H3. The van der Waals surface area contributed by atoms with Gasteiger partial charge in [0.15, 0.2) is 0 Å². The van der Waals surface area contributed by atoms with E-state index < -0.39 is 0 Å². The highest BCUT2D eigenvalue weighted by atomic mass is 32.2. The predicted octanol–water partition coefficient (Wildman–Crippen LogP) is 1.90. The minimum atomic E-state index is 0.292. The molecule has 0 bridgehead atoms. The Morgan fingerprint density at radius 2 is 2.32 bits per heavy atom. The van der Waals surface area contributed by atoms with E-state index in [1.54, 1.807) is 0 Å². The summed E-state index contributed by atoms with van der Waals surface area (Å²) in [4.78, 5) is 4.45. The second-order valence-corrected chi connectivity index (χ2v) is 8.06. The second kappa shape index (κ2) is 7.02. The first-order valence-electron chi connectivity index (χ1n) is 6.88. The van der Waals surface area contributed by atoms with E-state index in [2.05, 4.69) is 59.3 Å². The maximum absolute atomic E-state index is 5.78. The number of hydrogen-bond acceptors (Lipinski definition) is 5. The van der Waals surface area contributed by atoms with Crippen LogP contribution in [0.3, 0.4) is 0 Å². The average molecular weight is 300 g/mol. The number of nitrogens with zero attached hydrogens (tertiary/aromatic N) is 2. The summed E-state index contributed by atoms with van der Waals surface area (Å²) in [6.45, 7) is 7.74. The first kappa shape index (κ1) is 15.2. The fourth-order valence-corrected chi connectivity index (χ4v) is 5.44. The van der Waals surface area contributed by atoms with Gasteiger partial charge in [-0.25, -0.2) is 4.98 Å². The van der Waals surface area contributed by atoms with Gasteiger partial charge in [0.2, 0.25) is 0 Å². The quantitative estimate of drug-likeness (QED) is 0.642. The van der Waals surface area contributed by atoms with Crippen LogP contribution in [0.15, 0.2) is 12.4 Å². The Kier molecular flexibility index (Phi) is 5.62. The van der Waals surface area contributed by atoms with Gasteiger partial charge in [-0.2, -0.15) is 23.5 Å². The van der Waals surface area contributed by atoms with Gasteiger partial charge < -0.3 is 4.57 Å². The highest BCUT2D eigenvalue weighted by Crippen LogP contribution is 2.37. The summed E-state index contributed by atoms with van der Waals surface area (Å²) in [5, 5.41) is 1.98. The van der Waals surface area contributed by atoms with Gasteiger partial charge in [-0.3, -0.25) is 11.3 Å². The van der Waals surface area contributed by atoms with Gasteiger partial charge in [-0.15, -0.1) is 0 Å². The molecule has 1 aliphatic heterocycles. The van der Waals surface area contributed by atoms with Crippen LogP contribution in [0.25, 0.3) is 0 Å². The lowest BCUT2D eigenvalue weighted by Gasteiger charge is -2.35. The van der Waals surface area contributed by atoms with Gasteiger partial charge in [-0.1, -0.05) is 13.8 Å². The van der Waals surface area contributed by atoms with Crippen molar-refractivity contribution in [3.05, 3.63) is 18.2 Å². The van der Waals surface area contributed by atoms with Crippen LogP contribution >= 0.6 is 23.5 Å². The van der Waals surface area contributed by atoms with E-state index in [0.29, 0.717) is 16.5 Å². The molecule has 0 spiro atoms. The van der Waals surface area contributed by atoms with E-state index in [9.17, 15) is 0 Å². The molecule has 4 atom stereocenters. The molecule has 0 aliphatic carbocycles. The lowest BCUT2D eigenvalue weighted by molar-refractivity contribution is 0.498. The molecule has 1 aromatic rings. The minimum Gasteiger partial charge on any atom is -0.335 e. The molecule has 1 aromatic heterocycles. The predicted molar refractivity (Wildman–Crippen MR) is 85.5 cm³/mol. The van der Waals surface area contributed by atoms with Crippen LogP contribution in [0.5, 0.6) is 0 Å². The maximum Gasteiger partial charge on any atom is 0.110 e. The molecule has 2 heterocycles. The van der Waals surface area contributed by atoms with Crippen molar-refractivity contribution in [2.75, 3.05) is 5.75 Å². The zero-order valence-electron chi connectivity index (χ0n) is 11.9. The SMILES string of the molecule is CCn1ccnc1CC(NN)C1CSC(C)C(C)S1. The van der Waals surface area contributed by atoms with E-state index in [4.69, 9.17) is 5.84 Å². The summed E-state index contributed by atoms with van der Waals surface area (Å²) in [6.07, 6.45) is 4.81. The summed E-state index contributed by atoms with van der Waals surface area (Å²) in [5.41, 5.74) is 3.01. The third-order valence-electron chi connectivity index (χ3n) is 3.78. The molecular weight excluding hydrogens is 276 g/mol. The van der Waals surface area contributed by atoms with E-state index in [1.165, 1.54) is 0 Å². The summed E-state index contributed by atoms with van der Waals surface area (Å²) >= 11 is 4.12. The Balaban J connectivity index is 2.00. The van der Waals surface area contributed by atoms with Crippen molar-refractivity contribution in [3.63, 3.8) is 0 Å². The first-order chi connectivity index (χ1) is 9.15. The number of aryl methyl sites for hydroxylation is 1. The number of aromatic nitrogens is 2. The number of thioether (sulfide) groups is 2. The number of nitrogens with two attached hydrogens (primary N) is 1. The molecule has 3 N–H and O–H groups in total. The fourth-order valence-electron chi connectivity index (χ4n) is 2.33. The van der Waals surface area contributed by atoms with Crippen molar-refractivity contribution < 1.29 is 0 Å². The third kappa shape index (κ3) is 3.68. The van der Waals surface area contributed by atoms with Crippen LogP contribution in [0, 0.1) is 0 Å². The monoisotopic (exact) mass is 300 g/mol. The number of nitrogens with one attached hydrogen (secondary N) is 1. The zero-order valence-corrected chi connectivity index (χ0v) is 13.5. The Hall–Kier alpha value is -0.170.